The van der Waals surface area contributed by atoms with Crippen molar-refractivity contribution in [1.29, 1.82) is 0 Å². The van der Waals surface area contributed by atoms with Crippen molar-refractivity contribution in [3.8, 4) is 34.0 Å². The maximum absolute atomic E-state index is 4.98. The molecule has 0 atom stereocenters. The van der Waals surface area contributed by atoms with E-state index in [-0.39, 0.29) is 0 Å². The Labute approximate surface area is 226 Å². The van der Waals surface area contributed by atoms with Crippen molar-refractivity contribution in [2.24, 2.45) is 0 Å². The van der Waals surface area contributed by atoms with Gasteiger partial charge in [0, 0.05) is 28.6 Å². The fraction of sp³-hybridized carbons (Fsp3) is 0.0938. The average Bonchev–Trinajstić information content (AvgIpc) is 3.60. The Morgan fingerprint density at radius 3 is 2.00 bits per heavy atom. The van der Waals surface area contributed by atoms with Crippen molar-refractivity contribution >= 4 is 11.8 Å². The Kier molecular flexibility index (Phi) is 6.63. The minimum Gasteiger partial charge on any atom is -0.270 e. The Morgan fingerprint density at radius 1 is 0.658 bits per heavy atom. The van der Waals surface area contributed by atoms with E-state index in [2.05, 4.69) is 102 Å². The molecule has 2 heterocycles. The molecule has 0 amide bonds. The average molecular weight is 514 g/mol. The molecule has 5 nitrogen and oxygen atoms in total. The molecular formula is C32H27N5S. The summed E-state index contributed by atoms with van der Waals surface area (Å²) in [6, 6.07) is 37.3. The molecule has 2 aromatic heterocycles. The third-order valence-electron chi connectivity index (χ3n) is 6.63. The van der Waals surface area contributed by atoms with Gasteiger partial charge in [0.25, 0.3) is 0 Å². The van der Waals surface area contributed by atoms with E-state index < -0.39 is 0 Å². The van der Waals surface area contributed by atoms with E-state index >= 15 is 0 Å². The third kappa shape index (κ3) is 4.78. The highest BCUT2D eigenvalue weighted by atomic mass is 32.2. The van der Waals surface area contributed by atoms with Gasteiger partial charge in [0.15, 0.2) is 11.0 Å². The molecule has 0 aliphatic rings. The second-order valence-electron chi connectivity index (χ2n) is 9.21. The maximum atomic E-state index is 4.98. The first-order valence-corrected chi connectivity index (χ1v) is 13.6. The number of rotatable bonds is 7. The Balaban J connectivity index is 1.40. The highest BCUT2D eigenvalue weighted by Gasteiger charge is 2.19. The van der Waals surface area contributed by atoms with Crippen molar-refractivity contribution in [3.63, 3.8) is 0 Å². The molecule has 6 rings (SSSR count). The molecule has 0 unspecified atom stereocenters. The van der Waals surface area contributed by atoms with Crippen LogP contribution in [0.1, 0.15) is 16.7 Å². The van der Waals surface area contributed by atoms with Gasteiger partial charge in [-0.25, -0.2) is 4.68 Å². The number of aryl methyl sites for hydroxylation is 2. The normalized spacial score (nSPS) is 11.1. The quantitative estimate of drug-likeness (QED) is 0.205. The van der Waals surface area contributed by atoms with Crippen molar-refractivity contribution in [2.75, 3.05) is 0 Å². The zero-order chi connectivity index (χ0) is 25.9. The molecule has 0 fully saturated rings. The summed E-state index contributed by atoms with van der Waals surface area (Å²) in [5.74, 6) is 1.54. The number of hydrogen-bond donors (Lipinski definition) is 0. The van der Waals surface area contributed by atoms with Crippen LogP contribution in [0.5, 0.6) is 0 Å². The summed E-state index contributed by atoms with van der Waals surface area (Å²) in [6.07, 6.45) is 2.12. The molecule has 0 radical (unpaired) electrons. The van der Waals surface area contributed by atoms with Crippen LogP contribution in [0.4, 0.5) is 0 Å². The minimum absolute atomic E-state index is 0.703. The summed E-state index contributed by atoms with van der Waals surface area (Å²) in [5, 5.41) is 15.1. The van der Waals surface area contributed by atoms with Gasteiger partial charge in [-0.1, -0.05) is 96.7 Å². The van der Waals surface area contributed by atoms with Crippen molar-refractivity contribution < 1.29 is 0 Å². The first kappa shape index (κ1) is 23.9. The van der Waals surface area contributed by atoms with Gasteiger partial charge in [0.05, 0.1) is 17.1 Å². The van der Waals surface area contributed by atoms with Crippen molar-refractivity contribution in [3.05, 3.63) is 132 Å². The van der Waals surface area contributed by atoms with Crippen LogP contribution >= 0.6 is 11.8 Å². The van der Waals surface area contributed by atoms with Gasteiger partial charge in [-0.15, -0.1) is 10.2 Å². The lowest BCUT2D eigenvalue weighted by molar-refractivity contribution is 0.882. The third-order valence-corrected chi connectivity index (χ3v) is 7.61. The highest BCUT2D eigenvalue weighted by Crippen LogP contribution is 2.33. The number of hydrogen-bond acceptors (Lipinski definition) is 4. The lowest BCUT2D eigenvalue weighted by Gasteiger charge is -2.12. The number of aromatic nitrogens is 5. The van der Waals surface area contributed by atoms with Gasteiger partial charge >= 0.3 is 0 Å². The molecule has 6 aromatic rings. The first-order valence-electron chi connectivity index (χ1n) is 12.6. The van der Waals surface area contributed by atoms with E-state index in [1.807, 2.05) is 47.1 Å². The van der Waals surface area contributed by atoms with Crippen molar-refractivity contribution in [1.82, 2.24) is 24.5 Å². The van der Waals surface area contributed by atoms with Crippen LogP contribution in [0.25, 0.3) is 34.0 Å². The van der Waals surface area contributed by atoms with E-state index in [0.717, 1.165) is 44.7 Å². The molecule has 0 bridgehead atoms. The van der Waals surface area contributed by atoms with Crippen LogP contribution in [0.15, 0.2) is 121 Å². The monoisotopic (exact) mass is 513 g/mol. The molecule has 4 aromatic carbocycles. The summed E-state index contributed by atoms with van der Waals surface area (Å²) in [5.41, 5.74) is 8.84. The largest absolute Gasteiger partial charge is 0.270 e. The van der Waals surface area contributed by atoms with Gasteiger partial charge in [0.2, 0.25) is 0 Å². The molecule has 6 heteroatoms. The summed E-state index contributed by atoms with van der Waals surface area (Å²) >= 11 is 1.67. The van der Waals surface area contributed by atoms with E-state index in [9.17, 15) is 0 Å². The Hall–Kier alpha value is -4.42. The van der Waals surface area contributed by atoms with Crippen molar-refractivity contribution in [2.45, 2.75) is 24.8 Å². The summed E-state index contributed by atoms with van der Waals surface area (Å²) < 4.78 is 4.12. The van der Waals surface area contributed by atoms with E-state index in [0.29, 0.717) is 5.75 Å². The zero-order valence-corrected chi connectivity index (χ0v) is 22.1. The SMILES string of the molecule is Cc1ccc(-n2c(SCc3cn(-c4ccccc4)nc3-c3ccccc3)nnc2-c2ccccc2)cc1C. The van der Waals surface area contributed by atoms with Gasteiger partial charge in [-0.3, -0.25) is 4.57 Å². The number of thioether (sulfide) groups is 1. The van der Waals surface area contributed by atoms with Crippen LogP contribution in [-0.4, -0.2) is 24.5 Å². The molecule has 0 saturated carbocycles. The number of benzene rings is 4. The fourth-order valence-corrected chi connectivity index (χ4v) is 5.36. The summed E-state index contributed by atoms with van der Waals surface area (Å²) in [7, 11) is 0. The predicted molar refractivity (Wildman–Crippen MR) is 155 cm³/mol. The van der Waals surface area contributed by atoms with Crippen LogP contribution in [0, 0.1) is 13.8 Å². The Morgan fingerprint density at radius 2 is 1.32 bits per heavy atom. The van der Waals surface area contributed by atoms with Crippen LogP contribution in [0.3, 0.4) is 0 Å². The predicted octanol–water partition coefficient (Wildman–Crippen LogP) is 7.70. The summed E-state index contributed by atoms with van der Waals surface area (Å²) in [6.45, 7) is 4.27. The van der Waals surface area contributed by atoms with Gasteiger partial charge in [-0.2, -0.15) is 5.10 Å². The van der Waals surface area contributed by atoms with Crippen LogP contribution < -0.4 is 0 Å². The first-order chi connectivity index (χ1) is 18.7. The van der Waals surface area contributed by atoms with E-state index in [1.165, 1.54) is 11.1 Å². The van der Waals surface area contributed by atoms with E-state index in [1.54, 1.807) is 11.8 Å². The maximum Gasteiger partial charge on any atom is 0.196 e. The highest BCUT2D eigenvalue weighted by molar-refractivity contribution is 7.98. The topological polar surface area (TPSA) is 48.5 Å². The van der Waals surface area contributed by atoms with Crippen LogP contribution in [0.2, 0.25) is 0 Å². The number of nitrogens with zero attached hydrogens (tertiary/aromatic N) is 5. The van der Waals surface area contributed by atoms with E-state index in [4.69, 9.17) is 5.10 Å². The second-order valence-corrected chi connectivity index (χ2v) is 10.2. The molecule has 186 valence electrons. The lowest BCUT2D eigenvalue weighted by atomic mass is 10.1. The molecule has 0 saturated heterocycles. The van der Waals surface area contributed by atoms with Gasteiger partial charge in [-0.05, 0) is 49.2 Å². The zero-order valence-electron chi connectivity index (χ0n) is 21.3. The Bertz CT molecular complexity index is 1670. The van der Waals surface area contributed by atoms with Gasteiger partial charge < -0.3 is 0 Å². The minimum atomic E-state index is 0.703. The molecule has 0 spiro atoms. The smallest absolute Gasteiger partial charge is 0.196 e. The summed E-state index contributed by atoms with van der Waals surface area (Å²) in [4.78, 5) is 0. The molecule has 0 N–H and O–H groups in total. The molecule has 38 heavy (non-hydrogen) atoms. The lowest BCUT2D eigenvalue weighted by Crippen LogP contribution is -2.01. The number of para-hydroxylation sites is 1. The molecule has 0 aliphatic heterocycles. The fourth-order valence-electron chi connectivity index (χ4n) is 4.44. The van der Waals surface area contributed by atoms with Gasteiger partial charge in [0.1, 0.15) is 0 Å². The second kappa shape index (κ2) is 10.5. The standard InChI is InChI=1S/C32H27N5S/c1-23-18-19-29(20-24(23)2)37-31(26-14-8-4-9-15-26)33-34-32(37)38-22-27-21-36(28-16-10-5-11-17-28)35-30(27)25-12-6-3-7-13-25/h3-21H,22H2,1-2H3. The molecule has 0 aliphatic carbocycles. The van der Waals surface area contributed by atoms with Crippen LogP contribution in [-0.2, 0) is 5.75 Å². The molecular weight excluding hydrogens is 486 g/mol.